The number of amides is 1. The number of rotatable bonds is 2. The third-order valence-electron chi connectivity index (χ3n) is 2.43. The Morgan fingerprint density at radius 2 is 2.28 bits per heavy atom. The quantitative estimate of drug-likeness (QED) is 0.873. The Hall–Kier alpha value is -2.68. The fourth-order valence-corrected chi connectivity index (χ4v) is 1.52. The van der Waals surface area contributed by atoms with Crippen molar-refractivity contribution in [1.29, 1.82) is 5.26 Å². The minimum atomic E-state index is -0.666. The van der Waals surface area contributed by atoms with E-state index in [-0.39, 0.29) is 11.3 Å². The van der Waals surface area contributed by atoms with Gasteiger partial charge in [-0.15, -0.1) is 0 Å². The number of carbonyl (C=O) groups excluding carboxylic acids is 1. The first kappa shape index (κ1) is 11.8. The topological polar surface area (TPSA) is 70.7 Å². The molecule has 0 fully saturated rings. The number of halogens is 1. The molecule has 0 aliphatic heterocycles. The number of aromatic nitrogens is 2. The molecule has 6 heteroatoms. The molecule has 0 aliphatic carbocycles. The average molecular weight is 244 g/mol. The van der Waals surface area contributed by atoms with Gasteiger partial charge in [0.15, 0.2) is 0 Å². The van der Waals surface area contributed by atoms with Crippen molar-refractivity contribution in [1.82, 2.24) is 9.78 Å². The molecule has 90 valence electrons. The highest BCUT2D eigenvalue weighted by Gasteiger charge is 2.14. The summed E-state index contributed by atoms with van der Waals surface area (Å²) in [6, 6.07) is 7.30. The van der Waals surface area contributed by atoms with E-state index in [4.69, 9.17) is 5.26 Å². The second kappa shape index (κ2) is 4.67. The molecule has 1 amide bonds. The second-order valence-corrected chi connectivity index (χ2v) is 3.57. The number of benzene rings is 1. The molecule has 0 spiro atoms. The van der Waals surface area contributed by atoms with Crippen LogP contribution in [0.3, 0.4) is 0 Å². The van der Waals surface area contributed by atoms with Gasteiger partial charge < -0.3 is 5.32 Å². The summed E-state index contributed by atoms with van der Waals surface area (Å²) in [6.07, 6.45) is 1.48. The Morgan fingerprint density at radius 3 is 2.89 bits per heavy atom. The minimum Gasteiger partial charge on any atom is -0.319 e. The zero-order valence-electron chi connectivity index (χ0n) is 9.51. The van der Waals surface area contributed by atoms with Gasteiger partial charge in [-0.3, -0.25) is 9.48 Å². The van der Waals surface area contributed by atoms with Gasteiger partial charge >= 0.3 is 0 Å². The van der Waals surface area contributed by atoms with Gasteiger partial charge in [-0.1, -0.05) is 6.07 Å². The number of nitrogens with zero attached hydrogens (tertiary/aromatic N) is 3. The fraction of sp³-hybridized carbons (Fsp3) is 0.0833. The molecule has 0 unspecified atom stereocenters. The van der Waals surface area contributed by atoms with Crippen LogP contribution < -0.4 is 5.32 Å². The first-order chi connectivity index (χ1) is 8.63. The lowest BCUT2D eigenvalue weighted by Gasteiger charge is -2.07. The zero-order chi connectivity index (χ0) is 13.1. The number of nitrogens with one attached hydrogen (secondary N) is 1. The van der Waals surface area contributed by atoms with Gasteiger partial charge in [0.2, 0.25) is 0 Å². The van der Waals surface area contributed by atoms with E-state index in [1.54, 1.807) is 13.1 Å². The van der Waals surface area contributed by atoms with Gasteiger partial charge in [0.25, 0.3) is 5.91 Å². The first-order valence-electron chi connectivity index (χ1n) is 5.11. The second-order valence-electron chi connectivity index (χ2n) is 3.57. The largest absolute Gasteiger partial charge is 0.319 e. The van der Waals surface area contributed by atoms with Gasteiger partial charge in [-0.25, -0.2) is 4.39 Å². The number of nitriles is 1. The predicted molar refractivity (Wildman–Crippen MR) is 62.3 cm³/mol. The number of anilines is 1. The maximum absolute atomic E-state index is 13.3. The summed E-state index contributed by atoms with van der Waals surface area (Å²) in [5.41, 5.74) is 0.278. The van der Waals surface area contributed by atoms with Crippen LogP contribution in [0.15, 0.2) is 30.5 Å². The molecule has 0 saturated carbocycles. The van der Waals surface area contributed by atoms with Crippen LogP contribution in [0.25, 0.3) is 0 Å². The van der Waals surface area contributed by atoms with Crippen molar-refractivity contribution in [3.63, 3.8) is 0 Å². The van der Waals surface area contributed by atoms with E-state index in [1.165, 1.54) is 29.1 Å². The fourth-order valence-electron chi connectivity index (χ4n) is 1.52. The Labute approximate surface area is 102 Å². The molecule has 0 atom stereocenters. The summed E-state index contributed by atoms with van der Waals surface area (Å²) in [5.74, 6) is -1.11. The number of carbonyl (C=O) groups is 1. The van der Waals surface area contributed by atoms with Gasteiger partial charge in [-0.05, 0) is 18.2 Å². The lowest BCUT2D eigenvalue weighted by molar-refractivity contribution is 0.101. The molecule has 1 aromatic heterocycles. The maximum Gasteiger partial charge on any atom is 0.273 e. The Balaban J connectivity index is 2.31. The zero-order valence-corrected chi connectivity index (χ0v) is 9.51. The van der Waals surface area contributed by atoms with Crippen LogP contribution in [-0.4, -0.2) is 15.7 Å². The molecule has 2 rings (SSSR count). The van der Waals surface area contributed by atoms with E-state index < -0.39 is 11.7 Å². The third kappa shape index (κ3) is 2.06. The van der Waals surface area contributed by atoms with Crippen LogP contribution in [0.2, 0.25) is 0 Å². The van der Waals surface area contributed by atoms with Crippen LogP contribution in [-0.2, 0) is 7.05 Å². The molecule has 0 saturated heterocycles. The van der Waals surface area contributed by atoms with Crippen molar-refractivity contribution < 1.29 is 9.18 Å². The highest BCUT2D eigenvalue weighted by molar-refractivity contribution is 6.03. The lowest BCUT2D eigenvalue weighted by Crippen LogP contribution is -2.17. The average Bonchev–Trinajstić information content (AvgIpc) is 2.76. The van der Waals surface area contributed by atoms with E-state index in [9.17, 15) is 9.18 Å². The van der Waals surface area contributed by atoms with Crippen molar-refractivity contribution in [2.24, 2.45) is 7.05 Å². The Morgan fingerprint density at radius 1 is 1.50 bits per heavy atom. The molecule has 5 nitrogen and oxygen atoms in total. The van der Waals surface area contributed by atoms with Crippen molar-refractivity contribution in [3.05, 3.63) is 47.5 Å². The Kier molecular flexibility index (Phi) is 3.06. The van der Waals surface area contributed by atoms with Crippen molar-refractivity contribution >= 4 is 11.6 Å². The lowest BCUT2D eigenvalue weighted by atomic mass is 10.2. The summed E-state index contributed by atoms with van der Waals surface area (Å²) in [5, 5.41) is 15.2. The SMILES string of the molecule is Cn1nccc1C(=O)Nc1cccc(F)c1C#N. The van der Waals surface area contributed by atoms with E-state index in [0.717, 1.165) is 6.07 Å². The standard InChI is InChI=1S/C12H9FN4O/c1-17-11(5-6-15-17)12(18)16-10-4-2-3-9(13)8(10)7-14/h2-6H,1H3,(H,16,18). The molecule has 0 radical (unpaired) electrons. The van der Waals surface area contributed by atoms with Crippen molar-refractivity contribution in [2.75, 3.05) is 5.32 Å². The molecule has 0 aliphatic rings. The molecule has 1 aromatic carbocycles. The molecule has 2 aromatic rings. The van der Waals surface area contributed by atoms with E-state index in [0.29, 0.717) is 5.69 Å². The highest BCUT2D eigenvalue weighted by Crippen LogP contribution is 2.18. The number of hydrogen-bond donors (Lipinski definition) is 1. The van der Waals surface area contributed by atoms with Crippen LogP contribution in [0.1, 0.15) is 16.1 Å². The molecule has 0 bridgehead atoms. The smallest absolute Gasteiger partial charge is 0.273 e. The molecule has 1 N–H and O–H groups in total. The normalized spacial score (nSPS) is 9.83. The monoisotopic (exact) mass is 244 g/mol. The first-order valence-corrected chi connectivity index (χ1v) is 5.11. The van der Waals surface area contributed by atoms with Crippen molar-refractivity contribution in [3.8, 4) is 6.07 Å². The van der Waals surface area contributed by atoms with E-state index >= 15 is 0 Å². The molecule has 1 heterocycles. The molecule has 18 heavy (non-hydrogen) atoms. The maximum atomic E-state index is 13.3. The van der Waals surface area contributed by atoms with Gasteiger partial charge in [-0.2, -0.15) is 10.4 Å². The van der Waals surface area contributed by atoms with Crippen LogP contribution in [0.4, 0.5) is 10.1 Å². The van der Waals surface area contributed by atoms with Crippen LogP contribution in [0.5, 0.6) is 0 Å². The summed E-state index contributed by atoms with van der Waals surface area (Å²) in [7, 11) is 1.62. The summed E-state index contributed by atoms with van der Waals surface area (Å²) < 4.78 is 14.7. The van der Waals surface area contributed by atoms with Crippen LogP contribution in [0, 0.1) is 17.1 Å². The summed E-state index contributed by atoms with van der Waals surface area (Å²) >= 11 is 0. The predicted octanol–water partition coefficient (Wildman–Crippen LogP) is 1.68. The van der Waals surface area contributed by atoms with Crippen molar-refractivity contribution in [2.45, 2.75) is 0 Å². The Bertz CT molecular complexity index is 642. The van der Waals surface area contributed by atoms with Gasteiger partial charge in [0, 0.05) is 13.2 Å². The molecular weight excluding hydrogens is 235 g/mol. The van der Waals surface area contributed by atoms with E-state index in [2.05, 4.69) is 10.4 Å². The minimum absolute atomic E-state index is 0.142. The van der Waals surface area contributed by atoms with Gasteiger partial charge in [0.1, 0.15) is 23.1 Å². The summed E-state index contributed by atoms with van der Waals surface area (Å²) in [6.45, 7) is 0. The third-order valence-corrected chi connectivity index (χ3v) is 2.43. The number of hydrogen-bond acceptors (Lipinski definition) is 3. The molecular formula is C12H9FN4O. The summed E-state index contributed by atoms with van der Waals surface area (Å²) in [4.78, 5) is 11.9. The van der Waals surface area contributed by atoms with E-state index in [1.807, 2.05) is 0 Å². The van der Waals surface area contributed by atoms with Crippen LogP contribution >= 0.6 is 0 Å². The highest BCUT2D eigenvalue weighted by atomic mass is 19.1. The number of aryl methyl sites for hydroxylation is 1. The van der Waals surface area contributed by atoms with Gasteiger partial charge in [0.05, 0.1) is 5.69 Å².